The van der Waals surface area contributed by atoms with Gasteiger partial charge < -0.3 is 9.64 Å². The van der Waals surface area contributed by atoms with Crippen LogP contribution < -0.4 is 0 Å². The number of aromatic nitrogens is 3. The predicted molar refractivity (Wildman–Crippen MR) is 111 cm³/mol. The molecule has 1 aliphatic rings. The third-order valence-electron chi connectivity index (χ3n) is 4.89. The lowest BCUT2D eigenvalue weighted by atomic mass is 10.2. The number of halogens is 1. The molecule has 2 aromatic heterocycles. The molecule has 1 atom stereocenters. The second-order valence-corrected chi connectivity index (χ2v) is 9.79. The molecule has 0 saturated carbocycles. The van der Waals surface area contributed by atoms with Crippen LogP contribution in [0.15, 0.2) is 18.2 Å². The third kappa shape index (κ3) is 4.81. The minimum absolute atomic E-state index is 0.0554. The second kappa shape index (κ2) is 8.73. The highest BCUT2D eigenvalue weighted by Crippen LogP contribution is 2.20. The molecule has 0 N–H and O–H groups in total. The van der Waals surface area contributed by atoms with E-state index in [4.69, 9.17) is 16.3 Å². The highest BCUT2D eigenvalue weighted by atomic mass is 35.5. The normalized spacial score (nSPS) is 17.7. The van der Waals surface area contributed by atoms with Crippen LogP contribution in [0.2, 0.25) is 5.02 Å². The summed E-state index contributed by atoms with van der Waals surface area (Å²) >= 11 is 6.11. The number of likely N-dealkylation sites (N-methyl/N-ethyl adjacent to an activating group) is 1. The van der Waals surface area contributed by atoms with Crippen molar-refractivity contribution in [2.24, 2.45) is 0 Å². The predicted octanol–water partition coefficient (Wildman–Crippen LogP) is 1.73. The number of sulfone groups is 1. The van der Waals surface area contributed by atoms with E-state index in [1.54, 1.807) is 17.7 Å². The van der Waals surface area contributed by atoms with Crippen LogP contribution in [0.4, 0.5) is 0 Å². The van der Waals surface area contributed by atoms with Crippen LogP contribution >= 0.6 is 11.6 Å². The van der Waals surface area contributed by atoms with E-state index in [1.165, 1.54) is 11.0 Å². The summed E-state index contributed by atoms with van der Waals surface area (Å²) < 4.78 is 30.1. The molecule has 1 amide bonds. The molecule has 9 nitrogen and oxygen atoms in total. The average molecular weight is 455 g/mol. The Balaban J connectivity index is 1.70. The molecule has 162 valence electrons. The highest BCUT2D eigenvalue weighted by molar-refractivity contribution is 7.91. The number of pyridine rings is 1. The molecule has 1 aliphatic heterocycles. The van der Waals surface area contributed by atoms with Crippen LogP contribution in [0.3, 0.4) is 0 Å². The lowest BCUT2D eigenvalue weighted by molar-refractivity contribution is -0.136. The number of hydrogen-bond acceptors (Lipinski definition) is 7. The Morgan fingerprint density at radius 3 is 2.63 bits per heavy atom. The van der Waals surface area contributed by atoms with E-state index in [2.05, 4.69) is 10.1 Å². The van der Waals surface area contributed by atoms with E-state index < -0.39 is 34.4 Å². The number of carbonyl (C=O) groups is 2. The molecular weight excluding hydrogens is 432 g/mol. The molecule has 2 aromatic rings. The maximum absolute atomic E-state index is 12.5. The quantitative estimate of drug-likeness (QED) is 0.611. The third-order valence-corrected chi connectivity index (χ3v) is 6.94. The average Bonchev–Trinajstić information content (AvgIpc) is 3.21. The Bertz CT molecular complexity index is 1080. The van der Waals surface area contributed by atoms with Gasteiger partial charge in [0, 0.05) is 18.3 Å². The zero-order valence-electron chi connectivity index (χ0n) is 17.0. The first-order valence-corrected chi connectivity index (χ1v) is 11.7. The maximum Gasteiger partial charge on any atom is 0.359 e. The number of esters is 1. The first-order valence-electron chi connectivity index (χ1n) is 9.48. The summed E-state index contributed by atoms with van der Waals surface area (Å²) in [4.78, 5) is 30.7. The standard InChI is InChI=1S/C19H23ClN4O5S/c1-4-23(14-7-8-30(27,28)11-14)17(25)10-29-19(26)18-15(20)5-6-16(21-18)24-13(3)9-12(2)22-24/h5-6,9,14H,4,7-8,10-11H2,1-3H3. The molecular formula is C19H23ClN4O5S. The Morgan fingerprint density at radius 1 is 1.33 bits per heavy atom. The van der Waals surface area contributed by atoms with Crippen LogP contribution in [0, 0.1) is 13.8 Å². The van der Waals surface area contributed by atoms with Crippen LogP contribution in [0.25, 0.3) is 5.82 Å². The molecule has 30 heavy (non-hydrogen) atoms. The topological polar surface area (TPSA) is 111 Å². The van der Waals surface area contributed by atoms with E-state index in [0.717, 1.165) is 11.4 Å². The lowest BCUT2D eigenvalue weighted by Gasteiger charge is -2.26. The molecule has 0 spiro atoms. The van der Waals surface area contributed by atoms with Gasteiger partial charge in [-0.05, 0) is 45.4 Å². The fourth-order valence-electron chi connectivity index (χ4n) is 3.49. The minimum Gasteiger partial charge on any atom is -0.451 e. The van der Waals surface area contributed by atoms with Crippen molar-refractivity contribution < 1.29 is 22.7 Å². The monoisotopic (exact) mass is 454 g/mol. The molecule has 0 bridgehead atoms. The van der Waals surface area contributed by atoms with Gasteiger partial charge in [-0.2, -0.15) is 5.10 Å². The fraction of sp³-hybridized carbons (Fsp3) is 0.474. The number of ether oxygens (including phenoxy) is 1. The SMILES string of the molecule is CCN(C(=O)COC(=O)c1nc(-n2nc(C)cc2C)ccc1Cl)C1CCS(=O)(=O)C1. The molecule has 1 fully saturated rings. The molecule has 3 rings (SSSR count). The van der Waals surface area contributed by atoms with Crippen molar-refractivity contribution in [1.82, 2.24) is 19.7 Å². The number of hydrogen-bond donors (Lipinski definition) is 0. The molecule has 0 aliphatic carbocycles. The van der Waals surface area contributed by atoms with E-state index in [0.29, 0.717) is 18.8 Å². The van der Waals surface area contributed by atoms with Crippen LogP contribution in [0.1, 0.15) is 35.2 Å². The van der Waals surface area contributed by atoms with Crippen molar-refractivity contribution in [3.63, 3.8) is 0 Å². The summed E-state index contributed by atoms with van der Waals surface area (Å²) in [7, 11) is -3.13. The minimum atomic E-state index is -3.13. The van der Waals surface area contributed by atoms with Crippen molar-refractivity contribution >= 4 is 33.3 Å². The largest absolute Gasteiger partial charge is 0.451 e. The van der Waals surface area contributed by atoms with E-state index >= 15 is 0 Å². The van der Waals surface area contributed by atoms with Gasteiger partial charge in [0.05, 0.1) is 22.2 Å². The smallest absolute Gasteiger partial charge is 0.359 e. The Morgan fingerprint density at radius 2 is 2.07 bits per heavy atom. The van der Waals surface area contributed by atoms with Gasteiger partial charge in [-0.25, -0.2) is 22.9 Å². The summed E-state index contributed by atoms with van der Waals surface area (Å²) in [5.74, 6) is -0.918. The molecule has 11 heteroatoms. The van der Waals surface area contributed by atoms with Crippen molar-refractivity contribution in [3.05, 3.63) is 40.3 Å². The molecule has 3 heterocycles. The van der Waals surface area contributed by atoms with Crippen molar-refractivity contribution in [3.8, 4) is 5.82 Å². The molecule has 0 aromatic carbocycles. The van der Waals surface area contributed by atoms with Gasteiger partial charge in [0.15, 0.2) is 28.0 Å². The van der Waals surface area contributed by atoms with E-state index in [1.807, 2.05) is 19.9 Å². The summed E-state index contributed by atoms with van der Waals surface area (Å²) in [5.41, 5.74) is 1.51. The van der Waals surface area contributed by atoms with Gasteiger partial charge in [0.2, 0.25) is 0 Å². The van der Waals surface area contributed by atoms with E-state index in [9.17, 15) is 18.0 Å². The summed E-state index contributed by atoms with van der Waals surface area (Å²) in [5, 5.41) is 4.41. The van der Waals surface area contributed by atoms with Crippen molar-refractivity contribution in [2.45, 2.75) is 33.2 Å². The maximum atomic E-state index is 12.5. The number of nitrogens with zero attached hydrogens (tertiary/aromatic N) is 4. The number of rotatable bonds is 6. The van der Waals surface area contributed by atoms with Crippen LogP contribution in [-0.4, -0.2) is 70.7 Å². The number of carbonyl (C=O) groups excluding carboxylic acids is 2. The summed E-state index contributed by atoms with van der Waals surface area (Å²) in [6.07, 6.45) is 0.383. The zero-order chi connectivity index (χ0) is 22.1. The van der Waals surface area contributed by atoms with Gasteiger partial charge in [0.1, 0.15) is 0 Å². The van der Waals surface area contributed by atoms with Gasteiger partial charge in [-0.15, -0.1) is 0 Å². The lowest BCUT2D eigenvalue weighted by Crippen LogP contribution is -2.43. The Kier molecular flexibility index (Phi) is 6.47. The van der Waals surface area contributed by atoms with Crippen molar-refractivity contribution in [2.75, 3.05) is 24.7 Å². The fourth-order valence-corrected chi connectivity index (χ4v) is 5.40. The summed E-state index contributed by atoms with van der Waals surface area (Å²) in [6.45, 7) is 5.25. The Labute approximate surface area is 179 Å². The first kappa shape index (κ1) is 22.2. The zero-order valence-corrected chi connectivity index (χ0v) is 18.5. The first-order chi connectivity index (χ1) is 14.1. The highest BCUT2D eigenvalue weighted by Gasteiger charge is 2.34. The Hall–Kier alpha value is -2.46. The number of aryl methyl sites for hydroxylation is 2. The molecule has 1 unspecified atom stereocenters. The van der Waals surface area contributed by atoms with Crippen molar-refractivity contribution in [1.29, 1.82) is 0 Å². The van der Waals surface area contributed by atoms with Crippen LogP contribution in [-0.2, 0) is 19.4 Å². The molecule has 1 saturated heterocycles. The number of amides is 1. The van der Waals surface area contributed by atoms with Gasteiger partial charge in [-0.1, -0.05) is 11.6 Å². The second-order valence-electron chi connectivity index (χ2n) is 7.15. The van der Waals surface area contributed by atoms with Gasteiger partial charge in [-0.3, -0.25) is 4.79 Å². The summed E-state index contributed by atoms with van der Waals surface area (Å²) in [6, 6.07) is 4.61. The van der Waals surface area contributed by atoms with Gasteiger partial charge >= 0.3 is 5.97 Å². The molecule has 0 radical (unpaired) electrons. The van der Waals surface area contributed by atoms with Gasteiger partial charge in [0.25, 0.3) is 5.91 Å². The van der Waals surface area contributed by atoms with E-state index in [-0.39, 0.29) is 22.2 Å². The van der Waals surface area contributed by atoms with Crippen LogP contribution in [0.5, 0.6) is 0 Å².